The summed E-state index contributed by atoms with van der Waals surface area (Å²) in [6.07, 6.45) is 0. The van der Waals surface area contributed by atoms with E-state index in [1.807, 2.05) is 47.8 Å². The molecule has 138 valence electrons. The summed E-state index contributed by atoms with van der Waals surface area (Å²) in [5.41, 5.74) is 1.25. The van der Waals surface area contributed by atoms with Gasteiger partial charge in [0.2, 0.25) is 0 Å². The van der Waals surface area contributed by atoms with Crippen LogP contribution in [0.5, 0.6) is 5.75 Å². The molecule has 1 N–H and O–H groups in total. The molecule has 6 heteroatoms. The maximum absolute atomic E-state index is 12.4. The fourth-order valence-corrected chi connectivity index (χ4v) is 3.45. The summed E-state index contributed by atoms with van der Waals surface area (Å²) in [5, 5.41) is 4.89. The molecule has 0 spiro atoms. The van der Waals surface area contributed by atoms with Gasteiger partial charge in [-0.2, -0.15) is 0 Å². The van der Waals surface area contributed by atoms with E-state index in [1.165, 1.54) is 7.11 Å². The van der Waals surface area contributed by atoms with Crippen molar-refractivity contribution < 1.29 is 19.1 Å². The van der Waals surface area contributed by atoms with Crippen molar-refractivity contribution >= 4 is 23.2 Å². The van der Waals surface area contributed by atoms with Gasteiger partial charge in [-0.15, -0.1) is 11.3 Å². The number of rotatable bonds is 7. The zero-order valence-corrected chi connectivity index (χ0v) is 15.6. The SMILES string of the molecule is COc1ccccc1C(=O)OCC(=O)N[C@H](c1ccccc1)c1cccs1. The Morgan fingerprint density at radius 2 is 1.74 bits per heavy atom. The second kappa shape index (κ2) is 9.00. The van der Waals surface area contributed by atoms with Gasteiger partial charge >= 0.3 is 5.97 Å². The van der Waals surface area contributed by atoms with Crippen LogP contribution in [-0.4, -0.2) is 25.6 Å². The molecule has 0 saturated carbocycles. The molecule has 3 rings (SSSR count). The van der Waals surface area contributed by atoms with Crippen LogP contribution in [0.1, 0.15) is 26.8 Å². The Morgan fingerprint density at radius 3 is 2.44 bits per heavy atom. The number of carbonyl (C=O) groups excluding carboxylic acids is 2. The highest BCUT2D eigenvalue weighted by molar-refractivity contribution is 7.10. The molecule has 0 bridgehead atoms. The second-order valence-corrected chi connectivity index (χ2v) is 6.68. The van der Waals surface area contributed by atoms with E-state index in [4.69, 9.17) is 9.47 Å². The Morgan fingerprint density at radius 1 is 1.00 bits per heavy atom. The topological polar surface area (TPSA) is 64.6 Å². The van der Waals surface area contributed by atoms with Gasteiger partial charge in [0.05, 0.1) is 13.2 Å². The van der Waals surface area contributed by atoms with Crippen LogP contribution in [0.15, 0.2) is 72.1 Å². The highest BCUT2D eigenvalue weighted by Crippen LogP contribution is 2.26. The third kappa shape index (κ3) is 4.74. The predicted octanol–water partition coefficient (Wildman–Crippen LogP) is 3.82. The fraction of sp³-hybridized carbons (Fsp3) is 0.143. The summed E-state index contributed by atoms with van der Waals surface area (Å²) in [6, 6.07) is 20.0. The molecule has 0 radical (unpaired) electrons. The molecule has 3 aromatic rings. The zero-order valence-electron chi connectivity index (χ0n) is 14.8. The van der Waals surface area contributed by atoms with Gasteiger partial charge in [0.15, 0.2) is 6.61 Å². The van der Waals surface area contributed by atoms with Crippen LogP contribution in [0, 0.1) is 0 Å². The number of methoxy groups -OCH3 is 1. The third-order valence-electron chi connectivity index (χ3n) is 3.93. The number of benzene rings is 2. The third-order valence-corrected chi connectivity index (χ3v) is 4.86. The van der Waals surface area contributed by atoms with Crippen LogP contribution in [-0.2, 0) is 9.53 Å². The molecule has 5 nitrogen and oxygen atoms in total. The van der Waals surface area contributed by atoms with Gasteiger partial charge in [-0.1, -0.05) is 48.5 Å². The van der Waals surface area contributed by atoms with Crippen molar-refractivity contribution in [3.8, 4) is 5.75 Å². The lowest BCUT2D eigenvalue weighted by molar-refractivity contribution is -0.124. The molecule has 0 aliphatic heterocycles. The number of hydrogen-bond donors (Lipinski definition) is 1. The summed E-state index contributed by atoms with van der Waals surface area (Å²) in [5.74, 6) is -0.570. The molecule has 1 atom stereocenters. The number of carbonyl (C=O) groups is 2. The second-order valence-electron chi connectivity index (χ2n) is 5.70. The molecule has 0 saturated heterocycles. The van der Waals surface area contributed by atoms with Crippen molar-refractivity contribution in [2.45, 2.75) is 6.04 Å². The standard InChI is InChI=1S/C21H19NO4S/c1-25-17-11-6-5-10-16(17)21(24)26-14-19(23)22-20(18-12-7-13-27-18)15-8-3-2-4-9-15/h2-13,20H,14H2,1H3,(H,22,23)/t20-/m1/s1. The first-order valence-electron chi connectivity index (χ1n) is 8.37. The molecular weight excluding hydrogens is 362 g/mol. The highest BCUT2D eigenvalue weighted by Gasteiger charge is 2.19. The Bertz CT molecular complexity index is 894. The van der Waals surface area contributed by atoms with Crippen LogP contribution in [0.4, 0.5) is 0 Å². The van der Waals surface area contributed by atoms with E-state index >= 15 is 0 Å². The first-order valence-corrected chi connectivity index (χ1v) is 9.25. The molecule has 27 heavy (non-hydrogen) atoms. The quantitative estimate of drug-likeness (QED) is 0.632. The van der Waals surface area contributed by atoms with Crippen LogP contribution < -0.4 is 10.1 Å². The van der Waals surface area contributed by atoms with Gasteiger partial charge < -0.3 is 14.8 Å². The number of nitrogens with one attached hydrogen (secondary N) is 1. The van der Waals surface area contributed by atoms with Gasteiger partial charge in [0.1, 0.15) is 11.3 Å². The molecule has 1 heterocycles. The first-order chi connectivity index (χ1) is 13.2. The largest absolute Gasteiger partial charge is 0.496 e. The maximum Gasteiger partial charge on any atom is 0.342 e. The Balaban J connectivity index is 1.66. The van der Waals surface area contributed by atoms with Crippen molar-refractivity contribution in [2.75, 3.05) is 13.7 Å². The van der Waals surface area contributed by atoms with Gasteiger partial charge in [-0.25, -0.2) is 4.79 Å². The van der Waals surface area contributed by atoms with E-state index in [-0.39, 0.29) is 24.1 Å². The van der Waals surface area contributed by atoms with Gasteiger partial charge in [0, 0.05) is 4.88 Å². The van der Waals surface area contributed by atoms with Crippen LogP contribution in [0.3, 0.4) is 0 Å². The van der Waals surface area contributed by atoms with Gasteiger partial charge in [-0.3, -0.25) is 4.79 Å². The lowest BCUT2D eigenvalue weighted by Crippen LogP contribution is -2.32. The Kier molecular flexibility index (Phi) is 6.22. The maximum atomic E-state index is 12.4. The molecule has 0 aliphatic rings. The van der Waals surface area contributed by atoms with Crippen molar-refractivity contribution in [3.63, 3.8) is 0 Å². The minimum atomic E-state index is -0.602. The van der Waals surface area contributed by atoms with Crippen molar-refractivity contribution in [1.29, 1.82) is 0 Å². The normalized spacial score (nSPS) is 11.4. The lowest BCUT2D eigenvalue weighted by Gasteiger charge is -2.18. The summed E-state index contributed by atoms with van der Waals surface area (Å²) in [6.45, 7) is -0.369. The monoisotopic (exact) mass is 381 g/mol. The number of para-hydroxylation sites is 1. The molecule has 1 amide bonds. The molecule has 2 aromatic carbocycles. The van der Waals surface area contributed by atoms with Crippen LogP contribution in [0.2, 0.25) is 0 Å². The highest BCUT2D eigenvalue weighted by atomic mass is 32.1. The molecule has 1 aromatic heterocycles. The summed E-state index contributed by atoms with van der Waals surface area (Å²) in [7, 11) is 1.48. The molecule has 0 aliphatic carbocycles. The summed E-state index contributed by atoms with van der Waals surface area (Å²) in [4.78, 5) is 25.6. The minimum absolute atomic E-state index is 0.283. The predicted molar refractivity (Wildman–Crippen MR) is 104 cm³/mol. The average molecular weight is 381 g/mol. The number of amides is 1. The summed E-state index contributed by atoms with van der Waals surface area (Å²) >= 11 is 1.56. The van der Waals surface area contributed by atoms with Crippen molar-refractivity contribution in [1.82, 2.24) is 5.32 Å². The molecule has 0 unspecified atom stereocenters. The van der Waals surface area contributed by atoms with Crippen LogP contribution in [0.25, 0.3) is 0 Å². The molecule has 0 fully saturated rings. The average Bonchev–Trinajstić information content (AvgIpc) is 3.25. The smallest absolute Gasteiger partial charge is 0.342 e. The van der Waals surface area contributed by atoms with Gasteiger partial charge in [-0.05, 0) is 29.1 Å². The molecular formula is C21H19NO4S. The number of ether oxygens (including phenoxy) is 2. The van der Waals surface area contributed by atoms with E-state index in [0.717, 1.165) is 10.4 Å². The van der Waals surface area contributed by atoms with E-state index in [2.05, 4.69) is 5.32 Å². The van der Waals surface area contributed by atoms with Gasteiger partial charge in [0.25, 0.3) is 5.91 Å². The minimum Gasteiger partial charge on any atom is -0.496 e. The summed E-state index contributed by atoms with van der Waals surface area (Å²) < 4.78 is 10.3. The van der Waals surface area contributed by atoms with Crippen LogP contribution >= 0.6 is 11.3 Å². The lowest BCUT2D eigenvalue weighted by atomic mass is 10.1. The Labute approximate surface area is 161 Å². The van der Waals surface area contributed by atoms with Crippen molar-refractivity contribution in [3.05, 3.63) is 88.1 Å². The number of thiophene rings is 1. The van der Waals surface area contributed by atoms with E-state index < -0.39 is 5.97 Å². The fourth-order valence-electron chi connectivity index (χ4n) is 2.64. The number of esters is 1. The number of hydrogen-bond acceptors (Lipinski definition) is 5. The van der Waals surface area contributed by atoms with E-state index in [9.17, 15) is 9.59 Å². The zero-order chi connectivity index (χ0) is 19.1. The van der Waals surface area contributed by atoms with E-state index in [0.29, 0.717) is 5.75 Å². The first kappa shape index (κ1) is 18.7. The van der Waals surface area contributed by atoms with Crippen molar-refractivity contribution in [2.24, 2.45) is 0 Å². The Hall–Kier alpha value is -3.12. The van der Waals surface area contributed by atoms with E-state index in [1.54, 1.807) is 35.6 Å².